The van der Waals surface area contributed by atoms with Gasteiger partial charge in [-0.25, -0.2) is 14.0 Å². The zero-order valence-corrected chi connectivity index (χ0v) is 19.5. The SMILES string of the molecule is Cn1c(=O)n(C2CCC(=O)NC2=O)c2cccc(C3CC(CO[C@@H]4CCN(C(=O)O)C[C@@H]4F)C3)c21. The highest BCUT2D eigenvalue weighted by atomic mass is 19.1. The van der Waals surface area contributed by atoms with Crippen LogP contribution in [0.1, 0.15) is 49.6 Å². The number of aromatic nitrogens is 2. The second kappa shape index (κ2) is 9.10. The monoisotopic (exact) mass is 488 g/mol. The maximum absolute atomic E-state index is 14.3. The highest BCUT2D eigenvalue weighted by molar-refractivity contribution is 6.00. The number of hydrogen-bond donors (Lipinski definition) is 2. The molecule has 2 N–H and O–H groups in total. The maximum Gasteiger partial charge on any atom is 0.407 e. The van der Waals surface area contributed by atoms with E-state index in [0.29, 0.717) is 18.5 Å². The molecule has 35 heavy (non-hydrogen) atoms. The molecule has 188 valence electrons. The Kier molecular flexibility index (Phi) is 6.12. The summed E-state index contributed by atoms with van der Waals surface area (Å²) in [6.45, 7) is 0.530. The Bertz CT molecular complexity index is 1230. The predicted molar refractivity (Wildman–Crippen MR) is 123 cm³/mol. The van der Waals surface area contributed by atoms with E-state index in [1.54, 1.807) is 11.6 Å². The number of hydrogen-bond acceptors (Lipinski definition) is 5. The number of nitrogens with zero attached hydrogens (tertiary/aromatic N) is 3. The Labute approximate surface area is 200 Å². The lowest BCUT2D eigenvalue weighted by atomic mass is 9.71. The molecular formula is C24H29FN4O6. The van der Waals surface area contributed by atoms with Crippen molar-refractivity contribution in [1.29, 1.82) is 0 Å². The number of para-hydroxylation sites is 1. The van der Waals surface area contributed by atoms with E-state index in [9.17, 15) is 23.6 Å². The molecule has 0 spiro atoms. The fraction of sp³-hybridized carbons (Fsp3) is 0.583. The van der Waals surface area contributed by atoms with Crippen molar-refractivity contribution in [3.05, 3.63) is 34.2 Å². The van der Waals surface area contributed by atoms with Gasteiger partial charge in [0.15, 0.2) is 0 Å². The minimum Gasteiger partial charge on any atom is -0.465 e. The normalized spacial score (nSPS) is 29.2. The standard InChI is InChI=1S/C24H29FN4O6/c1-27-21-15(3-2-4-17(21)29(23(27)32)18-5-6-20(30)26-22(18)31)14-9-13(10-14)12-35-19-7-8-28(24(33)34)11-16(19)25/h2-4,13-14,16,18-19H,5-12H2,1H3,(H,33,34)(H,26,30,31)/t13?,14?,16-,18?,19+/m0/s1. The predicted octanol–water partition coefficient (Wildman–Crippen LogP) is 1.92. The van der Waals surface area contributed by atoms with Crippen LogP contribution >= 0.6 is 0 Å². The number of carbonyl (C=O) groups is 3. The van der Waals surface area contributed by atoms with Gasteiger partial charge in [-0.1, -0.05) is 12.1 Å². The Morgan fingerprint density at radius 2 is 2.00 bits per heavy atom. The van der Waals surface area contributed by atoms with Crippen LogP contribution in [0.15, 0.2) is 23.0 Å². The lowest BCUT2D eigenvalue weighted by Crippen LogP contribution is -2.48. The molecule has 1 unspecified atom stereocenters. The van der Waals surface area contributed by atoms with Crippen LogP contribution in [0.25, 0.3) is 11.0 Å². The summed E-state index contributed by atoms with van der Waals surface area (Å²) < 4.78 is 23.2. The third-order valence-electron chi connectivity index (χ3n) is 7.63. The number of benzene rings is 1. The van der Waals surface area contributed by atoms with Gasteiger partial charge in [-0.15, -0.1) is 0 Å². The molecule has 1 aromatic carbocycles. The summed E-state index contributed by atoms with van der Waals surface area (Å²) in [7, 11) is 1.70. The van der Waals surface area contributed by atoms with Gasteiger partial charge in [0, 0.05) is 26.6 Å². The molecule has 1 saturated carbocycles. The summed E-state index contributed by atoms with van der Waals surface area (Å²) in [5.74, 6) is -0.309. The number of nitrogens with one attached hydrogen (secondary N) is 1. The number of ether oxygens (including phenoxy) is 1. The highest BCUT2D eigenvalue weighted by Gasteiger charge is 2.37. The summed E-state index contributed by atoms with van der Waals surface area (Å²) in [4.78, 5) is 49.2. The first-order valence-corrected chi connectivity index (χ1v) is 12.0. The zero-order valence-electron chi connectivity index (χ0n) is 19.5. The van der Waals surface area contributed by atoms with E-state index in [-0.39, 0.29) is 49.4 Å². The summed E-state index contributed by atoms with van der Waals surface area (Å²) in [5.41, 5.74) is 2.21. The topological polar surface area (TPSA) is 123 Å². The summed E-state index contributed by atoms with van der Waals surface area (Å²) in [6, 6.07) is 4.99. The van der Waals surface area contributed by atoms with Gasteiger partial charge < -0.3 is 14.7 Å². The van der Waals surface area contributed by atoms with Gasteiger partial charge in [-0.05, 0) is 49.1 Å². The first-order valence-electron chi connectivity index (χ1n) is 12.0. The second-order valence-corrected chi connectivity index (χ2v) is 9.83. The van der Waals surface area contributed by atoms with Crippen LogP contribution in [0.3, 0.4) is 0 Å². The molecule has 3 fully saturated rings. The number of piperidine rings is 2. The molecule has 0 radical (unpaired) electrons. The largest absolute Gasteiger partial charge is 0.465 e. The number of alkyl halides is 1. The number of fused-ring (bicyclic) bond motifs is 1. The van der Waals surface area contributed by atoms with Gasteiger partial charge >= 0.3 is 11.8 Å². The molecule has 2 saturated heterocycles. The summed E-state index contributed by atoms with van der Waals surface area (Å²) in [5, 5.41) is 11.3. The van der Waals surface area contributed by atoms with Crippen molar-refractivity contribution < 1.29 is 28.6 Å². The van der Waals surface area contributed by atoms with Gasteiger partial charge in [0.1, 0.15) is 12.2 Å². The van der Waals surface area contributed by atoms with Crippen LogP contribution in [0, 0.1) is 5.92 Å². The van der Waals surface area contributed by atoms with Crippen molar-refractivity contribution >= 4 is 28.9 Å². The van der Waals surface area contributed by atoms with Gasteiger partial charge in [0.05, 0.1) is 23.7 Å². The van der Waals surface area contributed by atoms with E-state index < -0.39 is 30.3 Å². The van der Waals surface area contributed by atoms with Crippen LogP contribution in [0.5, 0.6) is 0 Å². The smallest absolute Gasteiger partial charge is 0.407 e. The van der Waals surface area contributed by atoms with Crippen LogP contribution < -0.4 is 11.0 Å². The molecule has 3 atom stereocenters. The molecule has 5 rings (SSSR count). The molecular weight excluding hydrogens is 459 g/mol. The fourth-order valence-corrected chi connectivity index (χ4v) is 5.66. The van der Waals surface area contributed by atoms with Gasteiger partial charge in [-0.3, -0.25) is 24.0 Å². The quantitative estimate of drug-likeness (QED) is 0.620. The first kappa shape index (κ1) is 23.5. The number of carbonyl (C=O) groups excluding carboxylic acids is 2. The number of amides is 3. The van der Waals surface area contributed by atoms with E-state index in [1.165, 1.54) is 4.57 Å². The molecule has 2 aromatic rings. The van der Waals surface area contributed by atoms with E-state index in [2.05, 4.69) is 5.32 Å². The van der Waals surface area contributed by atoms with Gasteiger partial charge in [-0.2, -0.15) is 0 Å². The van der Waals surface area contributed by atoms with Gasteiger partial charge in [0.2, 0.25) is 11.8 Å². The van der Waals surface area contributed by atoms with E-state index in [4.69, 9.17) is 9.84 Å². The number of rotatable bonds is 5. The van der Waals surface area contributed by atoms with Crippen molar-refractivity contribution in [2.45, 2.75) is 56.3 Å². The number of likely N-dealkylation sites (tertiary alicyclic amines) is 1. The van der Waals surface area contributed by atoms with E-state index >= 15 is 0 Å². The number of imide groups is 1. The van der Waals surface area contributed by atoms with E-state index in [0.717, 1.165) is 28.8 Å². The fourth-order valence-electron chi connectivity index (χ4n) is 5.66. The lowest BCUT2D eigenvalue weighted by Gasteiger charge is -2.38. The average Bonchev–Trinajstić information content (AvgIpc) is 3.04. The molecule has 3 amide bonds. The van der Waals surface area contributed by atoms with Crippen LogP contribution in [0.2, 0.25) is 0 Å². The van der Waals surface area contributed by atoms with Crippen molar-refractivity contribution in [2.24, 2.45) is 13.0 Å². The Hall–Kier alpha value is -3.21. The minimum atomic E-state index is -1.33. The Balaban J connectivity index is 1.27. The Morgan fingerprint density at radius 3 is 2.69 bits per heavy atom. The molecule has 3 heterocycles. The van der Waals surface area contributed by atoms with Crippen molar-refractivity contribution in [1.82, 2.24) is 19.4 Å². The average molecular weight is 489 g/mol. The number of imidazole rings is 1. The van der Waals surface area contributed by atoms with Gasteiger partial charge in [0.25, 0.3) is 0 Å². The number of halogens is 1. The molecule has 1 aliphatic carbocycles. The van der Waals surface area contributed by atoms with Crippen molar-refractivity contribution in [3.8, 4) is 0 Å². The van der Waals surface area contributed by atoms with Crippen LogP contribution in [-0.2, 0) is 21.4 Å². The Morgan fingerprint density at radius 1 is 1.23 bits per heavy atom. The number of aryl methyl sites for hydroxylation is 1. The van der Waals surface area contributed by atoms with E-state index in [1.807, 2.05) is 18.2 Å². The third-order valence-corrected chi connectivity index (χ3v) is 7.63. The molecule has 2 aliphatic heterocycles. The molecule has 10 nitrogen and oxygen atoms in total. The third kappa shape index (κ3) is 4.22. The molecule has 3 aliphatic rings. The first-order chi connectivity index (χ1) is 16.7. The molecule has 11 heteroatoms. The van der Waals surface area contributed by atoms with Crippen LogP contribution in [-0.4, -0.2) is 69.0 Å². The minimum absolute atomic E-state index is 0.159. The van der Waals surface area contributed by atoms with Crippen molar-refractivity contribution in [3.63, 3.8) is 0 Å². The second-order valence-electron chi connectivity index (χ2n) is 9.83. The highest BCUT2D eigenvalue weighted by Crippen LogP contribution is 2.44. The molecule has 0 bridgehead atoms. The summed E-state index contributed by atoms with van der Waals surface area (Å²) >= 11 is 0. The number of carboxylic acid groups (broad SMARTS) is 1. The lowest BCUT2D eigenvalue weighted by molar-refractivity contribution is -0.135. The molecule has 1 aromatic heterocycles. The summed E-state index contributed by atoms with van der Waals surface area (Å²) in [6.07, 6.45) is -0.524. The maximum atomic E-state index is 14.3. The van der Waals surface area contributed by atoms with Crippen LogP contribution in [0.4, 0.5) is 9.18 Å². The van der Waals surface area contributed by atoms with Crippen molar-refractivity contribution in [2.75, 3.05) is 19.7 Å². The zero-order chi connectivity index (χ0) is 24.9.